The molecule has 1 saturated heterocycles. The van der Waals surface area contributed by atoms with Crippen molar-refractivity contribution < 1.29 is 9.53 Å². The summed E-state index contributed by atoms with van der Waals surface area (Å²) in [5.41, 5.74) is 4.72. The van der Waals surface area contributed by atoms with Crippen LogP contribution in [0, 0.1) is 0 Å². The number of hydrogen-bond donors (Lipinski definition) is 1. The number of amides is 1. The Balaban J connectivity index is 1.13. The summed E-state index contributed by atoms with van der Waals surface area (Å²) in [7, 11) is 0. The van der Waals surface area contributed by atoms with E-state index in [2.05, 4.69) is 32.5 Å². The Morgan fingerprint density at radius 1 is 0.743 bits per heavy atom. The van der Waals surface area contributed by atoms with Crippen LogP contribution in [0.1, 0.15) is 19.3 Å². The van der Waals surface area contributed by atoms with E-state index in [-0.39, 0.29) is 12.5 Å². The van der Waals surface area contributed by atoms with Gasteiger partial charge in [-0.15, -0.1) is 10.2 Å². The van der Waals surface area contributed by atoms with Crippen LogP contribution in [0.25, 0.3) is 22.4 Å². The summed E-state index contributed by atoms with van der Waals surface area (Å²) in [6, 6.07) is 29.5. The monoisotopic (exact) mass is 464 g/mol. The third kappa shape index (κ3) is 5.84. The number of hydrogen-bond acceptors (Lipinski definition) is 5. The molecule has 0 aliphatic carbocycles. The van der Waals surface area contributed by atoms with Gasteiger partial charge in [-0.1, -0.05) is 54.6 Å². The SMILES string of the molecule is O=C(COc1ccc(-c2ccccc2)cc1)Nc1ccc(-c2ccc(N3CCCCC3)nn2)cc1. The van der Waals surface area contributed by atoms with E-state index >= 15 is 0 Å². The molecule has 1 aliphatic rings. The first-order valence-electron chi connectivity index (χ1n) is 12.0. The molecule has 1 aromatic heterocycles. The molecular weight excluding hydrogens is 436 g/mol. The topological polar surface area (TPSA) is 67.3 Å². The fourth-order valence-corrected chi connectivity index (χ4v) is 4.22. The quantitative estimate of drug-likeness (QED) is 0.373. The lowest BCUT2D eigenvalue weighted by atomic mass is 10.1. The van der Waals surface area contributed by atoms with Crippen LogP contribution in [0.5, 0.6) is 5.75 Å². The number of anilines is 2. The maximum absolute atomic E-state index is 12.4. The van der Waals surface area contributed by atoms with Gasteiger partial charge in [0.15, 0.2) is 12.4 Å². The van der Waals surface area contributed by atoms with E-state index in [9.17, 15) is 4.79 Å². The average Bonchev–Trinajstić information content (AvgIpc) is 2.94. The van der Waals surface area contributed by atoms with Crippen molar-refractivity contribution in [3.05, 3.63) is 91.0 Å². The lowest BCUT2D eigenvalue weighted by molar-refractivity contribution is -0.118. The lowest BCUT2D eigenvalue weighted by Crippen LogP contribution is -2.30. The van der Waals surface area contributed by atoms with Gasteiger partial charge in [-0.2, -0.15) is 0 Å². The number of nitrogens with one attached hydrogen (secondary N) is 1. The molecule has 1 fully saturated rings. The molecule has 5 rings (SSSR count). The van der Waals surface area contributed by atoms with Gasteiger partial charge in [0.2, 0.25) is 0 Å². The van der Waals surface area contributed by atoms with Crippen LogP contribution in [-0.4, -0.2) is 35.8 Å². The van der Waals surface area contributed by atoms with Crippen LogP contribution in [0.2, 0.25) is 0 Å². The molecule has 1 aliphatic heterocycles. The minimum Gasteiger partial charge on any atom is -0.484 e. The van der Waals surface area contributed by atoms with E-state index in [1.807, 2.05) is 78.9 Å². The fraction of sp³-hybridized carbons (Fsp3) is 0.207. The zero-order valence-electron chi connectivity index (χ0n) is 19.6. The molecule has 0 bridgehead atoms. The van der Waals surface area contributed by atoms with Crippen LogP contribution in [0.15, 0.2) is 91.0 Å². The number of carbonyl (C=O) groups excluding carboxylic acids is 1. The number of carbonyl (C=O) groups is 1. The largest absolute Gasteiger partial charge is 0.484 e. The van der Waals surface area contributed by atoms with E-state index in [0.29, 0.717) is 11.4 Å². The normalized spacial score (nSPS) is 13.3. The molecular formula is C29H28N4O2. The highest BCUT2D eigenvalue weighted by Gasteiger charge is 2.13. The van der Waals surface area contributed by atoms with Gasteiger partial charge in [-0.05, 0) is 66.8 Å². The molecule has 0 spiro atoms. The van der Waals surface area contributed by atoms with Gasteiger partial charge < -0.3 is 15.0 Å². The molecule has 3 aromatic carbocycles. The highest BCUT2D eigenvalue weighted by molar-refractivity contribution is 5.92. The van der Waals surface area contributed by atoms with Crippen LogP contribution in [-0.2, 0) is 4.79 Å². The molecule has 2 heterocycles. The Morgan fingerprint density at radius 3 is 2.11 bits per heavy atom. The van der Waals surface area contributed by atoms with Crippen LogP contribution in [0.3, 0.4) is 0 Å². The van der Waals surface area contributed by atoms with Gasteiger partial charge in [-0.25, -0.2) is 0 Å². The number of ether oxygens (including phenoxy) is 1. The van der Waals surface area contributed by atoms with E-state index in [1.54, 1.807) is 0 Å². The number of aromatic nitrogens is 2. The first-order chi connectivity index (χ1) is 17.2. The van der Waals surface area contributed by atoms with Gasteiger partial charge in [-0.3, -0.25) is 4.79 Å². The van der Waals surface area contributed by atoms with Crippen molar-refractivity contribution >= 4 is 17.4 Å². The van der Waals surface area contributed by atoms with Crippen molar-refractivity contribution in [2.75, 3.05) is 29.9 Å². The summed E-state index contributed by atoms with van der Waals surface area (Å²) in [6.07, 6.45) is 3.71. The Bertz CT molecular complexity index is 1230. The Morgan fingerprint density at radius 2 is 1.43 bits per heavy atom. The zero-order chi connectivity index (χ0) is 23.9. The van der Waals surface area contributed by atoms with Crippen molar-refractivity contribution in [1.82, 2.24) is 10.2 Å². The minimum absolute atomic E-state index is 0.0597. The summed E-state index contributed by atoms with van der Waals surface area (Å²) < 4.78 is 5.65. The lowest BCUT2D eigenvalue weighted by Gasteiger charge is -2.27. The summed E-state index contributed by atoms with van der Waals surface area (Å²) >= 11 is 0. The van der Waals surface area contributed by atoms with Gasteiger partial charge in [0.25, 0.3) is 5.91 Å². The van der Waals surface area contributed by atoms with Crippen molar-refractivity contribution in [3.8, 4) is 28.1 Å². The second-order valence-electron chi connectivity index (χ2n) is 8.63. The third-order valence-corrected chi connectivity index (χ3v) is 6.13. The van der Waals surface area contributed by atoms with E-state index < -0.39 is 0 Å². The minimum atomic E-state index is -0.212. The molecule has 0 saturated carbocycles. The number of benzene rings is 3. The second kappa shape index (κ2) is 10.8. The van der Waals surface area contributed by atoms with Crippen LogP contribution in [0.4, 0.5) is 11.5 Å². The Kier molecular flexibility index (Phi) is 6.99. The van der Waals surface area contributed by atoms with Crippen LogP contribution < -0.4 is 15.0 Å². The summed E-state index contributed by atoms with van der Waals surface area (Å²) in [5.74, 6) is 1.38. The molecule has 35 heavy (non-hydrogen) atoms. The molecule has 6 nitrogen and oxygen atoms in total. The standard InChI is InChI=1S/C29H28N4O2/c34-29(21-35-26-15-11-23(12-16-26)22-7-3-1-4-8-22)30-25-13-9-24(10-14-25)27-17-18-28(32-31-27)33-19-5-2-6-20-33/h1,3-4,7-18H,2,5-6,19-21H2,(H,30,34). The Labute approximate surface area is 205 Å². The molecule has 0 atom stereocenters. The van der Waals surface area contributed by atoms with Crippen molar-refractivity contribution in [2.24, 2.45) is 0 Å². The van der Waals surface area contributed by atoms with Gasteiger partial charge in [0.1, 0.15) is 5.75 Å². The molecule has 4 aromatic rings. The van der Waals surface area contributed by atoms with Crippen molar-refractivity contribution in [1.29, 1.82) is 0 Å². The number of nitrogens with zero attached hydrogens (tertiary/aromatic N) is 3. The molecule has 0 radical (unpaired) electrons. The predicted octanol–water partition coefficient (Wildman–Crippen LogP) is 5.82. The Hall–Kier alpha value is -4.19. The second-order valence-corrected chi connectivity index (χ2v) is 8.63. The highest BCUT2D eigenvalue weighted by Crippen LogP contribution is 2.23. The summed E-state index contributed by atoms with van der Waals surface area (Å²) in [6.45, 7) is 2.03. The fourth-order valence-electron chi connectivity index (χ4n) is 4.22. The predicted molar refractivity (Wildman–Crippen MR) is 140 cm³/mol. The number of piperidine rings is 1. The van der Waals surface area contributed by atoms with Crippen LogP contribution >= 0.6 is 0 Å². The van der Waals surface area contributed by atoms with E-state index in [1.165, 1.54) is 19.3 Å². The van der Waals surface area contributed by atoms with E-state index in [4.69, 9.17) is 4.74 Å². The van der Waals surface area contributed by atoms with Crippen molar-refractivity contribution in [3.63, 3.8) is 0 Å². The molecule has 1 amide bonds. The summed E-state index contributed by atoms with van der Waals surface area (Å²) in [4.78, 5) is 14.6. The van der Waals surface area contributed by atoms with Crippen molar-refractivity contribution in [2.45, 2.75) is 19.3 Å². The first kappa shape index (κ1) is 22.6. The third-order valence-electron chi connectivity index (χ3n) is 6.13. The number of rotatable bonds is 7. The zero-order valence-corrected chi connectivity index (χ0v) is 19.6. The highest BCUT2D eigenvalue weighted by atomic mass is 16.5. The molecule has 176 valence electrons. The maximum atomic E-state index is 12.4. The molecule has 1 N–H and O–H groups in total. The van der Waals surface area contributed by atoms with E-state index in [0.717, 1.165) is 41.3 Å². The van der Waals surface area contributed by atoms with Gasteiger partial charge in [0, 0.05) is 24.3 Å². The first-order valence-corrected chi connectivity index (χ1v) is 12.0. The van der Waals surface area contributed by atoms with Gasteiger partial charge >= 0.3 is 0 Å². The maximum Gasteiger partial charge on any atom is 0.262 e. The molecule has 6 heteroatoms. The smallest absolute Gasteiger partial charge is 0.262 e. The van der Waals surface area contributed by atoms with Gasteiger partial charge in [0.05, 0.1) is 5.69 Å². The molecule has 0 unspecified atom stereocenters. The summed E-state index contributed by atoms with van der Waals surface area (Å²) in [5, 5.41) is 11.7. The average molecular weight is 465 g/mol.